The Morgan fingerprint density at radius 2 is 2.33 bits per heavy atom. The summed E-state index contributed by atoms with van der Waals surface area (Å²) >= 11 is 1.88. The standard InChI is InChI=1S/C10H10OS/c1-7(11)8-2-3-10-9(6-8)4-5-12-10/h2-3,6H,4-5H2,1H3. The predicted octanol–water partition coefficient (Wildman–Crippen LogP) is 2.54. The van der Waals surface area contributed by atoms with Crippen molar-refractivity contribution in [2.45, 2.75) is 18.2 Å². The van der Waals surface area contributed by atoms with Crippen molar-refractivity contribution in [3.63, 3.8) is 0 Å². The van der Waals surface area contributed by atoms with Crippen LogP contribution in [0.2, 0.25) is 0 Å². The lowest BCUT2D eigenvalue weighted by molar-refractivity contribution is 0.101. The Balaban J connectivity index is 2.45. The molecule has 0 bridgehead atoms. The van der Waals surface area contributed by atoms with Gasteiger partial charge in [0.1, 0.15) is 0 Å². The van der Waals surface area contributed by atoms with Crippen molar-refractivity contribution >= 4 is 17.5 Å². The molecule has 0 radical (unpaired) electrons. The molecule has 1 aromatic rings. The molecule has 1 aliphatic heterocycles. The van der Waals surface area contributed by atoms with Gasteiger partial charge in [0.15, 0.2) is 5.78 Å². The van der Waals surface area contributed by atoms with Gasteiger partial charge in [-0.15, -0.1) is 11.8 Å². The highest BCUT2D eigenvalue weighted by Crippen LogP contribution is 2.31. The van der Waals surface area contributed by atoms with Gasteiger partial charge in [0.05, 0.1) is 0 Å². The molecule has 1 aliphatic rings. The number of hydrogen-bond donors (Lipinski definition) is 0. The Bertz CT molecular complexity index is 331. The summed E-state index contributed by atoms with van der Waals surface area (Å²) in [4.78, 5) is 12.4. The van der Waals surface area contributed by atoms with E-state index in [9.17, 15) is 4.79 Å². The van der Waals surface area contributed by atoms with Gasteiger partial charge in [0, 0.05) is 16.2 Å². The zero-order chi connectivity index (χ0) is 8.55. The summed E-state index contributed by atoms with van der Waals surface area (Å²) in [6.45, 7) is 1.61. The van der Waals surface area contributed by atoms with Gasteiger partial charge in [-0.25, -0.2) is 0 Å². The molecule has 1 heterocycles. The molecule has 0 N–H and O–H groups in total. The third kappa shape index (κ3) is 1.27. The third-order valence-corrected chi connectivity index (χ3v) is 3.21. The Morgan fingerprint density at radius 3 is 3.08 bits per heavy atom. The topological polar surface area (TPSA) is 17.1 Å². The van der Waals surface area contributed by atoms with Crippen LogP contribution in [0.15, 0.2) is 23.1 Å². The first kappa shape index (κ1) is 7.87. The average Bonchev–Trinajstić information content (AvgIpc) is 2.49. The SMILES string of the molecule is CC(=O)c1ccc2c(c1)CCS2. The first-order chi connectivity index (χ1) is 5.77. The minimum absolute atomic E-state index is 0.162. The quantitative estimate of drug-likeness (QED) is 0.615. The number of carbonyl (C=O) groups excluding carboxylic acids is 1. The fraction of sp³-hybridized carbons (Fsp3) is 0.300. The Kier molecular flexibility index (Phi) is 1.93. The summed E-state index contributed by atoms with van der Waals surface area (Å²) in [5.74, 6) is 1.33. The summed E-state index contributed by atoms with van der Waals surface area (Å²) in [6.07, 6.45) is 1.11. The van der Waals surface area contributed by atoms with E-state index in [0.29, 0.717) is 0 Å². The minimum Gasteiger partial charge on any atom is -0.295 e. The van der Waals surface area contributed by atoms with Crippen molar-refractivity contribution in [3.05, 3.63) is 29.3 Å². The minimum atomic E-state index is 0.162. The van der Waals surface area contributed by atoms with Crippen LogP contribution >= 0.6 is 11.8 Å². The van der Waals surface area contributed by atoms with Gasteiger partial charge in [-0.3, -0.25) is 4.79 Å². The fourth-order valence-corrected chi connectivity index (χ4v) is 2.46. The Hall–Kier alpha value is -0.760. The number of carbonyl (C=O) groups is 1. The van der Waals surface area contributed by atoms with Gasteiger partial charge in [0.2, 0.25) is 0 Å². The molecule has 0 saturated carbocycles. The van der Waals surface area contributed by atoms with E-state index in [1.54, 1.807) is 6.92 Å². The Morgan fingerprint density at radius 1 is 1.50 bits per heavy atom. The maximum atomic E-state index is 11.0. The van der Waals surface area contributed by atoms with Crippen LogP contribution in [-0.4, -0.2) is 11.5 Å². The van der Waals surface area contributed by atoms with Gasteiger partial charge in [-0.05, 0) is 31.0 Å². The molecular formula is C10H10OS. The van der Waals surface area contributed by atoms with Crippen molar-refractivity contribution in [3.8, 4) is 0 Å². The van der Waals surface area contributed by atoms with Crippen LogP contribution in [0.25, 0.3) is 0 Å². The second-order valence-electron chi connectivity index (χ2n) is 2.98. The summed E-state index contributed by atoms with van der Waals surface area (Å²) in [5, 5.41) is 0. The molecule has 1 nitrogen and oxygen atoms in total. The van der Waals surface area contributed by atoms with Crippen molar-refractivity contribution in [1.29, 1.82) is 0 Å². The van der Waals surface area contributed by atoms with Gasteiger partial charge in [0.25, 0.3) is 0 Å². The van der Waals surface area contributed by atoms with Crippen LogP contribution in [0.1, 0.15) is 22.8 Å². The number of thioether (sulfide) groups is 1. The van der Waals surface area contributed by atoms with Gasteiger partial charge in [-0.2, -0.15) is 0 Å². The second-order valence-corrected chi connectivity index (χ2v) is 4.11. The van der Waals surface area contributed by atoms with Crippen molar-refractivity contribution < 1.29 is 4.79 Å². The lowest BCUT2D eigenvalue weighted by Crippen LogP contribution is -1.93. The highest BCUT2D eigenvalue weighted by atomic mass is 32.2. The summed E-state index contributed by atoms with van der Waals surface area (Å²) < 4.78 is 0. The Labute approximate surface area is 76.2 Å². The highest BCUT2D eigenvalue weighted by molar-refractivity contribution is 7.99. The molecule has 62 valence electrons. The van der Waals surface area contributed by atoms with Crippen molar-refractivity contribution in [2.75, 3.05) is 5.75 Å². The molecule has 2 heteroatoms. The molecule has 0 fully saturated rings. The van der Waals surface area contributed by atoms with Crippen molar-refractivity contribution in [2.24, 2.45) is 0 Å². The molecule has 0 atom stereocenters. The first-order valence-corrected chi connectivity index (χ1v) is 5.02. The monoisotopic (exact) mass is 178 g/mol. The van der Waals surface area contributed by atoms with Gasteiger partial charge in [-0.1, -0.05) is 6.07 Å². The number of benzene rings is 1. The van der Waals surface area contributed by atoms with Crippen LogP contribution in [0.5, 0.6) is 0 Å². The summed E-state index contributed by atoms with van der Waals surface area (Å²) in [7, 11) is 0. The van der Waals surface area contributed by atoms with Gasteiger partial charge < -0.3 is 0 Å². The maximum Gasteiger partial charge on any atom is 0.159 e. The number of aryl methyl sites for hydroxylation is 1. The molecule has 0 aliphatic carbocycles. The molecule has 0 saturated heterocycles. The van der Waals surface area contributed by atoms with E-state index in [1.807, 2.05) is 23.9 Å². The fourth-order valence-electron chi connectivity index (χ4n) is 1.41. The smallest absolute Gasteiger partial charge is 0.159 e. The highest BCUT2D eigenvalue weighted by Gasteiger charge is 2.12. The number of hydrogen-bond acceptors (Lipinski definition) is 2. The van der Waals surface area contributed by atoms with E-state index in [1.165, 1.54) is 10.5 Å². The lowest BCUT2D eigenvalue weighted by atomic mass is 10.1. The summed E-state index contributed by atoms with van der Waals surface area (Å²) in [5.41, 5.74) is 2.18. The number of rotatable bonds is 1. The molecule has 1 aromatic carbocycles. The predicted molar refractivity (Wildman–Crippen MR) is 50.9 cm³/mol. The van der Waals surface area contributed by atoms with Crippen LogP contribution in [0, 0.1) is 0 Å². The van der Waals surface area contributed by atoms with E-state index in [4.69, 9.17) is 0 Å². The molecule has 0 spiro atoms. The lowest BCUT2D eigenvalue weighted by Gasteiger charge is -1.99. The molecule has 0 unspecified atom stereocenters. The van der Waals surface area contributed by atoms with E-state index in [2.05, 4.69) is 6.07 Å². The molecule has 0 amide bonds. The largest absolute Gasteiger partial charge is 0.295 e. The van der Waals surface area contributed by atoms with Gasteiger partial charge >= 0.3 is 0 Å². The van der Waals surface area contributed by atoms with Crippen LogP contribution in [0.4, 0.5) is 0 Å². The first-order valence-electron chi connectivity index (χ1n) is 4.04. The second kappa shape index (κ2) is 2.94. The zero-order valence-electron chi connectivity index (χ0n) is 6.96. The summed E-state index contributed by atoms with van der Waals surface area (Å²) in [6, 6.07) is 6.00. The van der Waals surface area contributed by atoms with E-state index in [-0.39, 0.29) is 5.78 Å². The van der Waals surface area contributed by atoms with Crippen LogP contribution < -0.4 is 0 Å². The number of Topliss-reactive ketones (excluding diaryl/α,β-unsaturated/α-hetero) is 1. The maximum absolute atomic E-state index is 11.0. The van der Waals surface area contributed by atoms with E-state index >= 15 is 0 Å². The zero-order valence-corrected chi connectivity index (χ0v) is 7.78. The molecule has 12 heavy (non-hydrogen) atoms. The van der Waals surface area contributed by atoms with Crippen LogP contribution in [0.3, 0.4) is 0 Å². The molecule has 2 rings (SSSR count). The normalized spacial score (nSPS) is 14.4. The third-order valence-electron chi connectivity index (χ3n) is 2.10. The average molecular weight is 178 g/mol. The van der Waals surface area contributed by atoms with Crippen LogP contribution in [-0.2, 0) is 6.42 Å². The molecular weight excluding hydrogens is 168 g/mol. The molecule has 0 aromatic heterocycles. The number of ketones is 1. The van der Waals surface area contributed by atoms with E-state index in [0.717, 1.165) is 17.7 Å². The van der Waals surface area contributed by atoms with E-state index < -0.39 is 0 Å². The number of fused-ring (bicyclic) bond motifs is 1. The van der Waals surface area contributed by atoms with Crippen molar-refractivity contribution in [1.82, 2.24) is 0 Å².